The predicted octanol–water partition coefficient (Wildman–Crippen LogP) is 3.66. The van der Waals surface area contributed by atoms with Crippen LogP contribution in [0.4, 0.5) is 0 Å². The Morgan fingerprint density at radius 3 is 2.83 bits per heavy atom. The van der Waals surface area contributed by atoms with Crippen LogP contribution < -0.4 is 9.47 Å². The van der Waals surface area contributed by atoms with Gasteiger partial charge in [0.05, 0.1) is 19.9 Å². The van der Waals surface area contributed by atoms with Crippen LogP contribution in [0.5, 0.6) is 11.6 Å². The lowest BCUT2D eigenvalue weighted by Crippen LogP contribution is -2.26. The van der Waals surface area contributed by atoms with Crippen LogP contribution in [0.2, 0.25) is 0 Å². The lowest BCUT2D eigenvalue weighted by atomic mass is 9.78. The van der Waals surface area contributed by atoms with E-state index in [0.29, 0.717) is 17.7 Å². The number of hydrogen-bond donors (Lipinski definition) is 0. The van der Waals surface area contributed by atoms with Gasteiger partial charge in [0, 0.05) is 36.3 Å². The number of hydrogen-bond acceptors (Lipinski definition) is 4. The molecule has 2 unspecified atom stereocenters. The fourth-order valence-corrected chi connectivity index (χ4v) is 3.49. The molecule has 0 N–H and O–H groups in total. The largest absolute Gasteiger partial charge is 0.492 e. The summed E-state index contributed by atoms with van der Waals surface area (Å²) < 4.78 is 13.2. The molecule has 3 rings (SSSR count). The fraction of sp³-hybridized carbons (Fsp3) is 0.556. The van der Waals surface area contributed by atoms with Gasteiger partial charge in [-0.05, 0) is 31.9 Å². The van der Waals surface area contributed by atoms with Crippen LogP contribution in [0.3, 0.4) is 0 Å². The number of nitrogens with zero attached hydrogens (tertiary/aromatic N) is 3. The monoisotopic (exact) mass is 315 g/mol. The van der Waals surface area contributed by atoms with Gasteiger partial charge in [-0.15, -0.1) is 0 Å². The Bertz CT molecular complexity index is 609. The second-order valence-corrected chi connectivity index (χ2v) is 6.07. The van der Waals surface area contributed by atoms with E-state index < -0.39 is 0 Å². The summed E-state index contributed by atoms with van der Waals surface area (Å²) in [6.45, 7) is 3.80. The Morgan fingerprint density at radius 1 is 1.22 bits per heavy atom. The number of aryl methyl sites for hydroxylation is 1. The molecule has 124 valence electrons. The zero-order valence-corrected chi connectivity index (χ0v) is 13.9. The highest BCUT2D eigenvalue weighted by atomic mass is 16.5. The van der Waals surface area contributed by atoms with Crippen molar-refractivity contribution in [3.8, 4) is 11.6 Å². The highest BCUT2D eigenvalue weighted by molar-refractivity contribution is 5.22. The molecule has 2 atom stereocenters. The molecule has 0 aliphatic heterocycles. The second-order valence-electron chi connectivity index (χ2n) is 6.07. The van der Waals surface area contributed by atoms with Crippen molar-refractivity contribution in [2.75, 3.05) is 13.7 Å². The number of methoxy groups -OCH3 is 1. The Hall–Kier alpha value is -2.04. The molecule has 0 aromatic carbocycles. The SMILES string of the molecule is CCn1nccc1C1CCCCC1COc1ccc(OC)nc1. The quantitative estimate of drug-likeness (QED) is 0.816. The van der Waals surface area contributed by atoms with Gasteiger partial charge in [0.1, 0.15) is 5.75 Å². The summed E-state index contributed by atoms with van der Waals surface area (Å²) in [5.74, 6) is 2.49. The van der Waals surface area contributed by atoms with Crippen molar-refractivity contribution in [3.05, 3.63) is 36.3 Å². The summed E-state index contributed by atoms with van der Waals surface area (Å²) in [4.78, 5) is 4.20. The van der Waals surface area contributed by atoms with Crippen molar-refractivity contribution >= 4 is 0 Å². The molecule has 1 fully saturated rings. The van der Waals surface area contributed by atoms with Gasteiger partial charge in [-0.25, -0.2) is 4.98 Å². The molecule has 2 aromatic heterocycles. The van der Waals surface area contributed by atoms with E-state index in [2.05, 4.69) is 27.8 Å². The summed E-state index contributed by atoms with van der Waals surface area (Å²) in [7, 11) is 1.62. The Labute approximate surface area is 137 Å². The summed E-state index contributed by atoms with van der Waals surface area (Å²) >= 11 is 0. The first kappa shape index (κ1) is 15.8. The summed E-state index contributed by atoms with van der Waals surface area (Å²) in [6, 6.07) is 5.92. The predicted molar refractivity (Wildman–Crippen MR) is 88.9 cm³/mol. The van der Waals surface area contributed by atoms with Crippen LogP contribution in [-0.2, 0) is 6.54 Å². The van der Waals surface area contributed by atoms with Gasteiger partial charge in [0.25, 0.3) is 0 Å². The van der Waals surface area contributed by atoms with Crippen LogP contribution in [0.15, 0.2) is 30.6 Å². The van der Waals surface area contributed by atoms with E-state index in [9.17, 15) is 0 Å². The lowest BCUT2D eigenvalue weighted by Gasteiger charge is -2.31. The number of pyridine rings is 1. The molecule has 2 aromatic rings. The molecule has 0 amide bonds. The average Bonchev–Trinajstić information content (AvgIpc) is 3.09. The third kappa shape index (κ3) is 3.66. The van der Waals surface area contributed by atoms with Gasteiger partial charge in [-0.1, -0.05) is 12.8 Å². The van der Waals surface area contributed by atoms with Crippen LogP contribution in [-0.4, -0.2) is 28.5 Å². The molecule has 1 aliphatic rings. The van der Waals surface area contributed by atoms with Crippen molar-refractivity contribution in [2.24, 2.45) is 5.92 Å². The molecule has 5 heteroatoms. The molecule has 1 aliphatic carbocycles. The van der Waals surface area contributed by atoms with Gasteiger partial charge < -0.3 is 9.47 Å². The zero-order valence-electron chi connectivity index (χ0n) is 13.9. The van der Waals surface area contributed by atoms with Crippen LogP contribution in [0.25, 0.3) is 0 Å². The van der Waals surface area contributed by atoms with E-state index in [0.717, 1.165) is 18.9 Å². The molecule has 23 heavy (non-hydrogen) atoms. The summed E-state index contributed by atoms with van der Waals surface area (Å²) in [5, 5.41) is 4.43. The van der Waals surface area contributed by atoms with Gasteiger partial charge in [-0.3, -0.25) is 4.68 Å². The summed E-state index contributed by atoms with van der Waals surface area (Å²) in [5.41, 5.74) is 1.36. The van der Waals surface area contributed by atoms with E-state index in [-0.39, 0.29) is 0 Å². The highest BCUT2D eigenvalue weighted by Gasteiger charge is 2.29. The Kier molecular flexibility index (Phi) is 5.16. The van der Waals surface area contributed by atoms with E-state index >= 15 is 0 Å². The van der Waals surface area contributed by atoms with Gasteiger partial charge >= 0.3 is 0 Å². The normalized spacial score (nSPS) is 21.1. The van der Waals surface area contributed by atoms with Crippen molar-refractivity contribution < 1.29 is 9.47 Å². The van der Waals surface area contributed by atoms with E-state index in [1.165, 1.54) is 31.4 Å². The topological polar surface area (TPSA) is 49.2 Å². The number of rotatable bonds is 6. The van der Waals surface area contributed by atoms with Crippen LogP contribution in [0.1, 0.15) is 44.2 Å². The lowest BCUT2D eigenvalue weighted by molar-refractivity contribution is 0.181. The van der Waals surface area contributed by atoms with Crippen LogP contribution in [0, 0.1) is 5.92 Å². The molecule has 0 spiro atoms. The minimum Gasteiger partial charge on any atom is -0.492 e. The zero-order chi connectivity index (χ0) is 16.1. The van der Waals surface area contributed by atoms with Gasteiger partial charge in [0.15, 0.2) is 0 Å². The first-order valence-corrected chi connectivity index (χ1v) is 8.46. The molecule has 0 bridgehead atoms. The Morgan fingerprint density at radius 2 is 2.09 bits per heavy atom. The molecular formula is C18H25N3O2. The molecule has 1 saturated carbocycles. The highest BCUT2D eigenvalue weighted by Crippen LogP contribution is 2.38. The minimum absolute atomic E-state index is 0.535. The van der Waals surface area contributed by atoms with Crippen LogP contribution >= 0.6 is 0 Å². The first-order chi connectivity index (χ1) is 11.3. The molecular weight excluding hydrogens is 290 g/mol. The molecule has 2 heterocycles. The fourth-order valence-electron chi connectivity index (χ4n) is 3.49. The average molecular weight is 315 g/mol. The number of ether oxygens (including phenoxy) is 2. The maximum Gasteiger partial charge on any atom is 0.213 e. The maximum absolute atomic E-state index is 6.00. The molecule has 0 radical (unpaired) electrons. The van der Waals surface area contributed by atoms with E-state index in [1.807, 2.05) is 18.3 Å². The van der Waals surface area contributed by atoms with E-state index in [4.69, 9.17) is 9.47 Å². The van der Waals surface area contributed by atoms with Gasteiger partial charge in [0.2, 0.25) is 5.88 Å². The second kappa shape index (κ2) is 7.49. The molecule has 5 nitrogen and oxygen atoms in total. The Balaban J connectivity index is 1.66. The number of aromatic nitrogens is 3. The minimum atomic E-state index is 0.535. The van der Waals surface area contributed by atoms with Crippen molar-refractivity contribution in [1.82, 2.24) is 14.8 Å². The summed E-state index contributed by atoms with van der Waals surface area (Å²) in [6.07, 6.45) is 8.65. The van der Waals surface area contributed by atoms with Crippen molar-refractivity contribution in [3.63, 3.8) is 0 Å². The van der Waals surface area contributed by atoms with Crippen molar-refractivity contribution in [1.29, 1.82) is 0 Å². The maximum atomic E-state index is 6.00. The molecule has 0 saturated heterocycles. The first-order valence-electron chi connectivity index (χ1n) is 8.46. The third-order valence-corrected chi connectivity index (χ3v) is 4.72. The van der Waals surface area contributed by atoms with Gasteiger partial charge in [-0.2, -0.15) is 5.10 Å². The third-order valence-electron chi connectivity index (χ3n) is 4.72. The standard InChI is InChI=1S/C18H25N3O2/c1-3-21-17(10-11-20-21)16-7-5-4-6-14(16)13-23-15-8-9-18(22-2)19-12-15/h8-12,14,16H,3-7,13H2,1-2H3. The smallest absolute Gasteiger partial charge is 0.213 e. The van der Waals surface area contributed by atoms with Crippen molar-refractivity contribution in [2.45, 2.75) is 45.1 Å². The van der Waals surface area contributed by atoms with E-state index in [1.54, 1.807) is 13.3 Å².